The number of hydrazone groups is 1. The first-order valence-electron chi connectivity index (χ1n) is 7.45. The van der Waals surface area contributed by atoms with Crippen molar-refractivity contribution in [2.75, 3.05) is 14.1 Å². The van der Waals surface area contributed by atoms with Gasteiger partial charge >= 0.3 is 0 Å². The van der Waals surface area contributed by atoms with Crippen molar-refractivity contribution in [3.8, 4) is 0 Å². The van der Waals surface area contributed by atoms with Crippen molar-refractivity contribution in [3.63, 3.8) is 0 Å². The van der Waals surface area contributed by atoms with Crippen molar-refractivity contribution in [1.82, 2.24) is 9.73 Å². The van der Waals surface area contributed by atoms with Gasteiger partial charge in [0.25, 0.3) is 5.91 Å². The van der Waals surface area contributed by atoms with E-state index >= 15 is 0 Å². The summed E-state index contributed by atoms with van der Waals surface area (Å²) in [5.74, 6) is -0.543. The molecule has 0 fully saturated rings. The summed E-state index contributed by atoms with van der Waals surface area (Å²) in [4.78, 5) is 12.3. The topological polar surface area (TPSA) is 78.8 Å². The molecule has 1 N–H and O–H groups in total. The number of carbonyl (C=O) groups excluding carboxylic acids is 1. The minimum absolute atomic E-state index is 0.0220. The molecule has 0 saturated carbocycles. The lowest BCUT2D eigenvalue weighted by atomic mass is 10.1. The Hall–Kier alpha value is -1.93. The number of rotatable bonds is 5. The molecule has 2 aromatic rings. The van der Waals surface area contributed by atoms with Crippen LogP contribution >= 0.6 is 23.2 Å². The molecule has 0 aliphatic carbocycles. The predicted molar refractivity (Wildman–Crippen MR) is 103 cm³/mol. The SMILES string of the molecule is C/C(=N/NC(=O)c1cccc(S(=O)(=O)N(C)C)c1)c1cc(Cl)ccc1Cl. The van der Waals surface area contributed by atoms with Crippen molar-refractivity contribution in [2.24, 2.45) is 5.10 Å². The van der Waals surface area contributed by atoms with Crippen LogP contribution < -0.4 is 5.43 Å². The number of sulfonamides is 1. The van der Waals surface area contributed by atoms with Crippen LogP contribution in [0.1, 0.15) is 22.8 Å². The molecule has 0 aliphatic rings. The number of nitrogens with one attached hydrogen (secondary N) is 1. The van der Waals surface area contributed by atoms with Crippen LogP contribution in [0, 0.1) is 0 Å². The molecule has 0 radical (unpaired) electrons. The summed E-state index contributed by atoms with van der Waals surface area (Å²) in [5, 5.41) is 4.95. The summed E-state index contributed by atoms with van der Waals surface area (Å²) in [6.45, 7) is 1.67. The van der Waals surface area contributed by atoms with Gasteiger partial charge in [-0.1, -0.05) is 29.3 Å². The van der Waals surface area contributed by atoms with E-state index in [0.717, 1.165) is 4.31 Å². The molecule has 2 aromatic carbocycles. The molecule has 2 rings (SSSR count). The van der Waals surface area contributed by atoms with Crippen molar-refractivity contribution < 1.29 is 13.2 Å². The van der Waals surface area contributed by atoms with Gasteiger partial charge in [0, 0.05) is 35.3 Å². The Morgan fingerprint density at radius 3 is 2.46 bits per heavy atom. The van der Waals surface area contributed by atoms with E-state index in [2.05, 4.69) is 10.5 Å². The third-order valence-corrected chi connectivity index (χ3v) is 5.89. The second-order valence-corrected chi connectivity index (χ2v) is 8.57. The molecule has 26 heavy (non-hydrogen) atoms. The summed E-state index contributed by atoms with van der Waals surface area (Å²) in [5.41, 5.74) is 3.61. The quantitative estimate of drug-likeness (QED) is 0.602. The van der Waals surface area contributed by atoms with Gasteiger partial charge in [-0.15, -0.1) is 0 Å². The highest BCUT2D eigenvalue weighted by molar-refractivity contribution is 7.89. The van der Waals surface area contributed by atoms with Crippen LogP contribution in [0.3, 0.4) is 0 Å². The Bertz CT molecular complexity index is 973. The molecule has 0 aliphatic heterocycles. The Labute approximate surface area is 162 Å². The van der Waals surface area contributed by atoms with Crippen LogP contribution in [0.2, 0.25) is 10.0 Å². The van der Waals surface area contributed by atoms with E-state index in [1.54, 1.807) is 25.1 Å². The molecular formula is C17H17Cl2N3O3S. The van der Waals surface area contributed by atoms with Gasteiger partial charge in [-0.25, -0.2) is 18.1 Å². The van der Waals surface area contributed by atoms with Crippen LogP contribution in [0.15, 0.2) is 52.5 Å². The summed E-state index contributed by atoms with van der Waals surface area (Å²) in [6, 6.07) is 10.6. The summed E-state index contributed by atoms with van der Waals surface area (Å²) in [7, 11) is -0.790. The van der Waals surface area contributed by atoms with E-state index in [1.807, 2.05) is 0 Å². The molecule has 9 heteroatoms. The highest BCUT2D eigenvalue weighted by atomic mass is 35.5. The standard InChI is InChI=1S/C17H17Cl2N3O3S/c1-11(15-10-13(18)7-8-16(15)19)20-21-17(23)12-5-4-6-14(9-12)26(24,25)22(2)3/h4-10H,1-3H3,(H,21,23)/b20-11-. The number of halogens is 2. The fraction of sp³-hybridized carbons (Fsp3) is 0.176. The highest BCUT2D eigenvalue weighted by Gasteiger charge is 2.18. The number of carbonyl (C=O) groups is 1. The third-order valence-electron chi connectivity index (χ3n) is 3.52. The molecule has 138 valence electrons. The van der Waals surface area contributed by atoms with E-state index in [0.29, 0.717) is 21.3 Å². The van der Waals surface area contributed by atoms with Gasteiger partial charge < -0.3 is 0 Å². The summed E-state index contributed by atoms with van der Waals surface area (Å²) in [6.07, 6.45) is 0. The van der Waals surface area contributed by atoms with Crippen LogP contribution in [0.25, 0.3) is 0 Å². The average Bonchev–Trinajstić information content (AvgIpc) is 2.61. The molecule has 0 heterocycles. The summed E-state index contributed by atoms with van der Waals surface area (Å²) >= 11 is 12.0. The fourth-order valence-electron chi connectivity index (χ4n) is 2.04. The van der Waals surface area contributed by atoms with Crippen molar-refractivity contribution in [1.29, 1.82) is 0 Å². The Balaban J connectivity index is 2.24. The van der Waals surface area contributed by atoms with Crippen LogP contribution in [0.4, 0.5) is 0 Å². The van der Waals surface area contributed by atoms with Gasteiger partial charge in [0.05, 0.1) is 10.6 Å². The smallest absolute Gasteiger partial charge is 0.267 e. The predicted octanol–water partition coefficient (Wildman–Crippen LogP) is 3.40. The lowest BCUT2D eigenvalue weighted by molar-refractivity contribution is 0.0954. The first-order chi connectivity index (χ1) is 12.1. The van der Waals surface area contributed by atoms with Crippen LogP contribution in [0.5, 0.6) is 0 Å². The first-order valence-corrected chi connectivity index (χ1v) is 9.65. The van der Waals surface area contributed by atoms with Gasteiger partial charge in [0.1, 0.15) is 0 Å². The highest BCUT2D eigenvalue weighted by Crippen LogP contribution is 2.21. The maximum absolute atomic E-state index is 12.3. The normalized spacial score (nSPS) is 12.3. The zero-order valence-corrected chi connectivity index (χ0v) is 16.7. The fourth-order valence-corrected chi connectivity index (χ4v) is 3.42. The zero-order valence-electron chi connectivity index (χ0n) is 14.3. The minimum atomic E-state index is -3.63. The van der Waals surface area contributed by atoms with Crippen molar-refractivity contribution >= 4 is 44.8 Å². The second kappa shape index (κ2) is 8.18. The minimum Gasteiger partial charge on any atom is -0.267 e. The monoisotopic (exact) mass is 413 g/mol. The molecule has 0 atom stereocenters. The molecular weight excluding hydrogens is 397 g/mol. The first kappa shape index (κ1) is 20.4. The van der Waals surface area contributed by atoms with Crippen molar-refractivity contribution in [2.45, 2.75) is 11.8 Å². The molecule has 6 nitrogen and oxygen atoms in total. The second-order valence-electron chi connectivity index (χ2n) is 5.58. The van der Waals surface area contributed by atoms with E-state index < -0.39 is 15.9 Å². The largest absolute Gasteiger partial charge is 0.271 e. The average molecular weight is 414 g/mol. The van der Waals surface area contributed by atoms with E-state index in [4.69, 9.17) is 23.2 Å². The van der Waals surface area contributed by atoms with Gasteiger partial charge in [-0.3, -0.25) is 4.79 Å². The van der Waals surface area contributed by atoms with Gasteiger partial charge in [0.15, 0.2) is 0 Å². The van der Waals surface area contributed by atoms with Crippen molar-refractivity contribution in [3.05, 3.63) is 63.6 Å². The van der Waals surface area contributed by atoms with Crippen LogP contribution in [-0.2, 0) is 10.0 Å². The van der Waals surface area contributed by atoms with E-state index in [-0.39, 0.29) is 10.5 Å². The molecule has 0 unspecified atom stereocenters. The summed E-state index contributed by atoms with van der Waals surface area (Å²) < 4.78 is 25.4. The molecule has 1 amide bonds. The molecule has 0 spiro atoms. The number of nitrogens with zero attached hydrogens (tertiary/aromatic N) is 2. The lowest BCUT2D eigenvalue weighted by Gasteiger charge is -2.12. The lowest BCUT2D eigenvalue weighted by Crippen LogP contribution is -2.23. The maximum atomic E-state index is 12.3. The number of benzene rings is 2. The third kappa shape index (κ3) is 4.62. The molecule has 0 saturated heterocycles. The maximum Gasteiger partial charge on any atom is 0.271 e. The number of hydrogen-bond acceptors (Lipinski definition) is 4. The van der Waals surface area contributed by atoms with Gasteiger partial charge in [-0.05, 0) is 43.3 Å². The van der Waals surface area contributed by atoms with Gasteiger partial charge in [-0.2, -0.15) is 5.10 Å². The van der Waals surface area contributed by atoms with Gasteiger partial charge in [0.2, 0.25) is 10.0 Å². The van der Waals surface area contributed by atoms with Crippen LogP contribution in [-0.4, -0.2) is 38.4 Å². The molecule has 0 bridgehead atoms. The Morgan fingerprint density at radius 2 is 1.81 bits per heavy atom. The van der Waals surface area contributed by atoms with E-state index in [1.165, 1.54) is 38.4 Å². The number of amides is 1. The number of hydrogen-bond donors (Lipinski definition) is 1. The zero-order chi connectivity index (χ0) is 19.5. The molecule has 0 aromatic heterocycles. The Morgan fingerprint density at radius 1 is 1.12 bits per heavy atom. The van der Waals surface area contributed by atoms with E-state index in [9.17, 15) is 13.2 Å². The Kier molecular flexibility index (Phi) is 6.41.